The molecule has 5 heteroatoms. The van der Waals surface area contributed by atoms with E-state index in [1.165, 1.54) is 11.1 Å². The van der Waals surface area contributed by atoms with Gasteiger partial charge in [-0.3, -0.25) is 4.79 Å². The molecule has 0 bridgehead atoms. The smallest absolute Gasteiger partial charge is 0.225 e. The highest BCUT2D eigenvalue weighted by atomic mass is 16.1. The number of carbonyl (C=O) groups is 1. The number of hydrogen-bond acceptors (Lipinski definition) is 4. The first-order valence-corrected chi connectivity index (χ1v) is 11.5. The molecule has 1 aliphatic heterocycles. The van der Waals surface area contributed by atoms with Gasteiger partial charge < -0.3 is 10.2 Å². The van der Waals surface area contributed by atoms with E-state index in [0.717, 1.165) is 36.1 Å². The van der Waals surface area contributed by atoms with Crippen molar-refractivity contribution in [2.75, 3.05) is 18.0 Å². The third kappa shape index (κ3) is 5.34. The van der Waals surface area contributed by atoms with Crippen LogP contribution in [0.15, 0.2) is 60.9 Å². The Balaban J connectivity index is 1.34. The third-order valence-corrected chi connectivity index (χ3v) is 6.21. The first-order valence-electron chi connectivity index (χ1n) is 11.5. The van der Waals surface area contributed by atoms with Gasteiger partial charge in [0.2, 0.25) is 11.9 Å². The molecule has 5 nitrogen and oxygen atoms in total. The van der Waals surface area contributed by atoms with Gasteiger partial charge in [0.25, 0.3) is 0 Å². The number of aromatic nitrogens is 2. The zero-order chi connectivity index (χ0) is 22.5. The van der Waals surface area contributed by atoms with Gasteiger partial charge in [-0.2, -0.15) is 0 Å². The molecule has 1 saturated heterocycles. The number of nitrogens with one attached hydrogen (secondary N) is 1. The molecule has 0 radical (unpaired) electrons. The molecular weight excluding hydrogens is 396 g/mol. The van der Waals surface area contributed by atoms with Crippen LogP contribution >= 0.6 is 0 Å². The molecule has 1 aliphatic rings. The van der Waals surface area contributed by atoms with Crippen LogP contribution in [0.2, 0.25) is 0 Å². The van der Waals surface area contributed by atoms with E-state index in [1.807, 2.05) is 12.4 Å². The second-order valence-corrected chi connectivity index (χ2v) is 9.04. The summed E-state index contributed by atoms with van der Waals surface area (Å²) in [5.74, 6) is 1.28. The van der Waals surface area contributed by atoms with Gasteiger partial charge >= 0.3 is 0 Å². The molecule has 1 N–H and O–H groups in total. The molecule has 1 atom stereocenters. The van der Waals surface area contributed by atoms with E-state index in [2.05, 4.69) is 89.5 Å². The average molecular weight is 429 g/mol. The summed E-state index contributed by atoms with van der Waals surface area (Å²) in [4.78, 5) is 24.1. The monoisotopic (exact) mass is 428 g/mol. The number of hydrogen-bond donors (Lipinski definition) is 1. The second-order valence-electron chi connectivity index (χ2n) is 9.04. The maximum Gasteiger partial charge on any atom is 0.225 e. The first kappa shape index (κ1) is 22.0. The van der Waals surface area contributed by atoms with Crippen molar-refractivity contribution in [2.24, 2.45) is 5.92 Å². The molecule has 2 heterocycles. The Morgan fingerprint density at radius 2 is 1.72 bits per heavy atom. The van der Waals surface area contributed by atoms with Crippen molar-refractivity contribution in [3.05, 3.63) is 77.6 Å². The predicted octanol–water partition coefficient (Wildman–Crippen LogP) is 5.11. The zero-order valence-electron chi connectivity index (χ0n) is 19.2. The fourth-order valence-electron chi connectivity index (χ4n) is 4.11. The summed E-state index contributed by atoms with van der Waals surface area (Å²) in [7, 11) is 0. The van der Waals surface area contributed by atoms with Crippen LogP contribution in [0.3, 0.4) is 0 Å². The molecule has 1 amide bonds. The van der Waals surface area contributed by atoms with Gasteiger partial charge in [0.05, 0.1) is 5.92 Å². The number of nitrogens with zero attached hydrogens (tertiary/aromatic N) is 3. The molecule has 166 valence electrons. The molecule has 0 saturated carbocycles. The number of piperidine rings is 1. The van der Waals surface area contributed by atoms with E-state index in [9.17, 15) is 4.79 Å². The number of carbonyl (C=O) groups excluding carboxylic acids is 1. The first-order chi connectivity index (χ1) is 15.5. The van der Waals surface area contributed by atoms with Gasteiger partial charge in [-0.1, -0.05) is 67.9 Å². The van der Waals surface area contributed by atoms with Crippen molar-refractivity contribution in [3.63, 3.8) is 0 Å². The molecule has 0 spiro atoms. The molecule has 32 heavy (non-hydrogen) atoms. The molecule has 2 aromatic carbocycles. The molecule has 1 aromatic heterocycles. The summed E-state index contributed by atoms with van der Waals surface area (Å²) >= 11 is 0. The lowest BCUT2D eigenvalue weighted by Crippen LogP contribution is -2.43. The van der Waals surface area contributed by atoms with Crippen molar-refractivity contribution in [1.82, 2.24) is 15.3 Å². The summed E-state index contributed by atoms with van der Waals surface area (Å²) in [6.07, 6.45) is 5.61. The van der Waals surface area contributed by atoms with Crippen LogP contribution in [0, 0.1) is 12.8 Å². The van der Waals surface area contributed by atoms with Crippen molar-refractivity contribution in [1.29, 1.82) is 0 Å². The molecule has 0 aliphatic carbocycles. The summed E-state index contributed by atoms with van der Waals surface area (Å²) < 4.78 is 0. The van der Waals surface area contributed by atoms with Crippen molar-refractivity contribution >= 4 is 11.9 Å². The lowest BCUT2D eigenvalue weighted by Gasteiger charge is -2.32. The Morgan fingerprint density at radius 3 is 2.38 bits per heavy atom. The molecule has 3 aromatic rings. The van der Waals surface area contributed by atoms with Crippen LogP contribution in [0.1, 0.15) is 49.3 Å². The van der Waals surface area contributed by atoms with E-state index in [1.54, 1.807) is 0 Å². The van der Waals surface area contributed by atoms with Crippen molar-refractivity contribution in [3.8, 4) is 11.1 Å². The highest BCUT2D eigenvalue weighted by Crippen LogP contribution is 2.23. The maximum absolute atomic E-state index is 12.8. The number of benzene rings is 2. The largest absolute Gasteiger partial charge is 0.352 e. The van der Waals surface area contributed by atoms with Crippen LogP contribution in [-0.2, 0) is 11.3 Å². The van der Waals surface area contributed by atoms with Crippen LogP contribution in [0.5, 0.6) is 0 Å². The minimum atomic E-state index is -0.0425. The van der Waals surface area contributed by atoms with Crippen molar-refractivity contribution < 1.29 is 4.79 Å². The van der Waals surface area contributed by atoms with Crippen LogP contribution in [0.4, 0.5) is 5.95 Å². The Kier molecular flexibility index (Phi) is 6.84. The maximum atomic E-state index is 12.8. The van der Waals surface area contributed by atoms with E-state index < -0.39 is 0 Å². The summed E-state index contributed by atoms with van der Waals surface area (Å²) in [5.41, 5.74) is 5.79. The summed E-state index contributed by atoms with van der Waals surface area (Å²) in [5, 5.41) is 3.12. The summed E-state index contributed by atoms with van der Waals surface area (Å²) in [6, 6.07) is 16.9. The van der Waals surface area contributed by atoms with Crippen LogP contribution in [0.25, 0.3) is 11.1 Å². The number of rotatable bonds is 6. The van der Waals surface area contributed by atoms with Crippen molar-refractivity contribution in [2.45, 2.75) is 46.1 Å². The fourth-order valence-corrected chi connectivity index (χ4v) is 4.11. The van der Waals surface area contributed by atoms with E-state index in [0.29, 0.717) is 25.0 Å². The van der Waals surface area contributed by atoms with Gasteiger partial charge in [0, 0.05) is 37.6 Å². The molecule has 4 rings (SSSR count). The molecule has 1 fully saturated rings. The lowest BCUT2D eigenvalue weighted by molar-refractivity contribution is -0.125. The minimum absolute atomic E-state index is 0.0425. The standard InChI is InChI=1S/C27H32N4O/c1-19(2)22-12-8-21(9-13-22)15-28-26(32)24-5-4-14-31(18-24)27-29-16-25(17-30-27)23-10-6-20(3)7-11-23/h6-13,16-17,19,24H,4-5,14-15,18H2,1-3H3,(H,28,32). The Bertz CT molecular complexity index is 1030. The van der Waals surface area contributed by atoms with Gasteiger partial charge in [-0.25, -0.2) is 9.97 Å². The predicted molar refractivity (Wildman–Crippen MR) is 130 cm³/mol. The Labute approximate surface area is 190 Å². The van der Waals surface area contributed by atoms with E-state index >= 15 is 0 Å². The highest BCUT2D eigenvalue weighted by Gasteiger charge is 2.27. The number of anilines is 1. The molecular formula is C27H32N4O. The SMILES string of the molecule is Cc1ccc(-c2cnc(N3CCCC(C(=O)NCc4ccc(C(C)C)cc4)C3)nc2)cc1. The van der Waals surface area contributed by atoms with Crippen LogP contribution < -0.4 is 10.2 Å². The number of amides is 1. The fraction of sp³-hybridized carbons (Fsp3) is 0.370. The van der Waals surface area contributed by atoms with Gasteiger partial charge in [0.15, 0.2) is 0 Å². The van der Waals surface area contributed by atoms with Crippen LogP contribution in [-0.4, -0.2) is 29.0 Å². The zero-order valence-corrected chi connectivity index (χ0v) is 19.2. The third-order valence-electron chi connectivity index (χ3n) is 6.21. The quantitative estimate of drug-likeness (QED) is 0.593. The Hall–Kier alpha value is -3.21. The Morgan fingerprint density at radius 1 is 1.03 bits per heavy atom. The summed E-state index contributed by atoms with van der Waals surface area (Å²) in [6.45, 7) is 8.55. The van der Waals surface area contributed by atoms with E-state index in [4.69, 9.17) is 0 Å². The lowest BCUT2D eigenvalue weighted by atomic mass is 9.97. The molecule has 1 unspecified atom stereocenters. The average Bonchev–Trinajstić information content (AvgIpc) is 2.83. The highest BCUT2D eigenvalue weighted by molar-refractivity contribution is 5.79. The van der Waals surface area contributed by atoms with Gasteiger partial charge in [-0.15, -0.1) is 0 Å². The van der Waals surface area contributed by atoms with Gasteiger partial charge in [-0.05, 0) is 42.4 Å². The minimum Gasteiger partial charge on any atom is -0.352 e. The second kappa shape index (κ2) is 9.94. The normalized spacial score (nSPS) is 16.2. The van der Waals surface area contributed by atoms with E-state index in [-0.39, 0.29) is 11.8 Å². The number of aryl methyl sites for hydroxylation is 1. The van der Waals surface area contributed by atoms with Gasteiger partial charge in [0.1, 0.15) is 0 Å². The topological polar surface area (TPSA) is 58.1 Å².